The molecule has 0 amide bonds. The topological polar surface area (TPSA) is 94.5 Å². The Morgan fingerprint density at radius 1 is 1.26 bits per heavy atom. The van der Waals surface area contributed by atoms with E-state index in [-0.39, 0.29) is 47.0 Å². The van der Waals surface area contributed by atoms with Crippen LogP contribution >= 0.6 is 11.6 Å². The summed E-state index contributed by atoms with van der Waals surface area (Å²) in [6, 6.07) is 0. The van der Waals surface area contributed by atoms with Crippen molar-refractivity contribution in [1.82, 2.24) is 0 Å². The normalized spacial score (nSPS) is 31.0. The maximum atomic E-state index is 11.9. The number of halogens is 1. The molecule has 0 unspecified atom stereocenters. The fourth-order valence-electron chi connectivity index (χ4n) is 5.08. The number of allylic oxidation sites excluding steroid dienone is 3. The van der Waals surface area contributed by atoms with E-state index in [1.807, 2.05) is 26.0 Å². The average Bonchev–Trinajstić information content (AvgIpc) is 3.59. The first kappa shape index (κ1) is 36.7. The second kappa shape index (κ2) is 15.5. The zero-order valence-electron chi connectivity index (χ0n) is 27.1. The molecule has 2 rings (SSSR count). The molecule has 1 aliphatic heterocycles. The zero-order valence-corrected chi connectivity index (χ0v) is 28.9. The van der Waals surface area contributed by atoms with Crippen molar-refractivity contribution in [3.05, 3.63) is 36.0 Å². The summed E-state index contributed by atoms with van der Waals surface area (Å²) in [6.45, 7) is 17.1. The maximum absolute atomic E-state index is 11.9. The molecule has 7 nitrogen and oxygen atoms in total. The molecule has 42 heavy (non-hydrogen) atoms. The van der Waals surface area contributed by atoms with Gasteiger partial charge in [-0.15, -0.1) is 11.6 Å². The summed E-state index contributed by atoms with van der Waals surface area (Å²) >= 11 is 5.95. The number of aliphatic hydroxyl groups is 1. The SMILES string of the molecule is CO[C@H](/C=C(\C)C[C@@H](O)/C=C/C=C/C#C[C@@H]1C[C@H]1Cl)[C@@H](C)[C@@H]1O[C@@](CC(=O)O)(OC)C[C@H](O[Si](C)(C)C(C)(C)C)[C@H]1C. The smallest absolute Gasteiger partial charge is 0.308 e. The second-order valence-corrected chi connectivity index (χ2v) is 18.8. The number of hydrogen-bond acceptors (Lipinski definition) is 6. The Balaban J connectivity index is 2.19. The van der Waals surface area contributed by atoms with Crippen molar-refractivity contribution >= 4 is 25.9 Å². The summed E-state index contributed by atoms with van der Waals surface area (Å²) in [7, 11) is 0.981. The van der Waals surface area contributed by atoms with Gasteiger partial charge in [0.25, 0.3) is 0 Å². The molecule has 0 aromatic rings. The number of aliphatic hydroxyl groups excluding tert-OH is 1. The van der Waals surface area contributed by atoms with Gasteiger partial charge in [0.1, 0.15) is 0 Å². The van der Waals surface area contributed by atoms with Crippen LogP contribution in [-0.2, 0) is 23.4 Å². The minimum atomic E-state index is -2.17. The van der Waals surface area contributed by atoms with Gasteiger partial charge in [-0.2, -0.15) is 0 Å². The van der Waals surface area contributed by atoms with E-state index < -0.39 is 26.2 Å². The van der Waals surface area contributed by atoms with E-state index in [1.165, 1.54) is 7.11 Å². The Hall–Kier alpha value is -1.44. The zero-order chi connectivity index (χ0) is 31.9. The molecule has 0 bridgehead atoms. The molecule has 1 heterocycles. The number of alkyl halides is 1. The highest BCUT2D eigenvalue weighted by atomic mass is 35.5. The van der Waals surface area contributed by atoms with E-state index in [0.717, 1.165) is 12.0 Å². The van der Waals surface area contributed by atoms with Crippen LogP contribution in [0.5, 0.6) is 0 Å². The van der Waals surface area contributed by atoms with Crippen molar-refractivity contribution in [2.24, 2.45) is 17.8 Å². The number of carbonyl (C=O) groups is 1. The Bertz CT molecular complexity index is 1050. The van der Waals surface area contributed by atoms with E-state index in [0.29, 0.717) is 18.8 Å². The number of ether oxygens (including phenoxy) is 3. The van der Waals surface area contributed by atoms with Crippen molar-refractivity contribution < 1.29 is 33.6 Å². The number of rotatable bonds is 13. The summed E-state index contributed by atoms with van der Waals surface area (Å²) in [5.41, 5.74) is 0.970. The van der Waals surface area contributed by atoms with E-state index in [9.17, 15) is 15.0 Å². The molecule has 9 atom stereocenters. The monoisotopic (exact) mass is 624 g/mol. The maximum Gasteiger partial charge on any atom is 0.308 e. The predicted molar refractivity (Wildman–Crippen MR) is 171 cm³/mol. The van der Waals surface area contributed by atoms with Crippen LogP contribution in [0.4, 0.5) is 0 Å². The third-order valence-corrected chi connectivity index (χ3v) is 13.9. The Kier molecular flexibility index (Phi) is 13.6. The van der Waals surface area contributed by atoms with Crippen LogP contribution in [0.3, 0.4) is 0 Å². The van der Waals surface area contributed by atoms with E-state index in [2.05, 4.69) is 52.6 Å². The van der Waals surface area contributed by atoms with Crippen molar-refractivity contribution in [1.29, 1.82) is 0 Å². The summed E-state index contributed by atoms with van der Waals surface area (Å²) in [5, 5.41) is 20.5. The van der Waals surface area contributed by atoms with Gasteiger partial charge < -0.3 is 28.8 Å². The standard InChI is InChI=1S/C33H53ClO7Si/c1-22(17-26(35)16-14-12-11-13-15-25-19-27(25)34)18-28(38-7)23(2)31-24(3)29(41-42(9,10)32(4,5)6)20-33(39-8,40-31)21-30(36)37/h11-12,14,16,18,23-29,31,35H,17,19-21H2,1-10H3,(H,36,37)/b12-11+,16-14+,22-18+/t23-,24-,25-,26+,27-,28-,29+,31+,33+/m1/s1. The van der Waals surface area contributed by atoms with Crippen molar-refractivity contribution in [2.45, 2.75) is 121 Å². The summed E-state index contributed by atoms with van der Waals surface area (Å²) < 4.78 is 25.1. The van der Waals surface area contributed by atoms with Crippen LogP contribution in [0.25, 0.3) is 0 Å². The third kappa shape index (κ3) is 10.6. The van der Waals surface area contributed by atoms with Gasteiger partial charge in [-0.3, -0.25) is 4.79 Å². The molecule has 1 aliphatic carbocycles. The largest absolute Gasteiger partial charge is 0.481 e. The van der Waals surface area contributed by atoms with E-state index in [4.69, 9.17) is 30.2 Å². The first-order valence-corrected chi connectivity index (χ1v) is 18.3. The average molecular weight is 625 g/mol. The first-order chi connectivity index (χ1) is 19.4. The molecule has 0 aromatic carbocycles. The molecule has 9 heteroatoms. The third-order valence-electron chi connectivity index (χ3n) is 8.91. The molecule has 0 spiro atoms. The quantitative estimate of drug-likeness (QED) is 0.0773. The molecule has 2 aliphatic rings. The lowest BCUT2D eigenvalue weighted by Gasteiger charge is -2.51. The van der Waals surface area contributed by atoms with E-state index >= 15 is 0 Å². The van der Waals surface area contributed by atoms with Crippen LogP contribution in [-0.4, -0.2) is 74.3 Å². The molecule has 1 saturated carbocycles. The highest BCUT2D eigenvalue weighted by Crippen LogP contribution is 2.45. The van der Waals surface area contributed by atoms with Crippen LogP contribution in [0.2, 0.25) is 18.1 Å². The summed E-state index contributed by atoms with van der Waals surface area (Å²) in [4.78, 5) is 11.9. The number of carboxylic acid groups (broad SMARTS) is 1. The van der Waals surface area contributed by atoms with Gasteiger partial charge in [0.15, 0.2) is 14.1 Å². The fourth-order valence-corrected chi connectivity index (χ4v) is 6.74. The molecule has 2 N–H and O–H groups in total. The highest BCUT2D eigenvalue weighted by molar-refractivity contribution is 6.74. The molecular weight excluding hydrogens is 572 g/mol. The Labute approximate surface area is 259 Å². The molecule has 0 aromatic heterocycles. The summed E-state index contributed by atoms with van der Waals surface area (Å²) in [6.07, 6.45) is 8.95. The number of hydrogen-bond donors (Lipinski definition) is 2. The molecule has 1 saturated heterocycles. The molecule has 2 fully saturated rings. The minimum Gasteiger partial charge on any atom is -0.481 e. The van der Waals surface area contributed by atoms with Crippen molar-refractivity contribution in [3.8, 4) is 11.8 Å². The van der Waals surface area contributed by atoms with Crippen LogP contribution < -0.4 is 0 Å². The van der Waals surface area contributed by atoms with Gasteiger partial charge in [0, 0.05) is 43.8 Å². The van der Waals surface area contributed by atoms with Crippen LogP contribution in [0, 0.1) is 29.6 Å². The first-order valence-electron chi connectivity index (χ1n) is 14.9. The van der Waals surface area contributed by atoms with Crippen molar-refractivity contribution in [3.63, 3.8) is 0 Å². The predicted octanol–water partition coefficient (Wildman–Crippen LogP) is 6.71. The van der Waals surface area contributed by atoms with Gasteiger partial charge in [0.05, 0.1) is 30.8 Å². The molecule has 238 valence electrons. The van der Waals surface area contributed by atoms with Crippen LogP contribution in [0.15, 0.2) is 36.0 Å². The lowest BCUT2D eigenvalue weighted by Crippen LogP contribution is -2.59. The van der Waals surface area contributed by atoms with Gasteiger partial charge in [-0.05, 0) is 44.0 Å². The van der Waals surface area contributed by atoms with Crippen LogP contribution in [0.1, 0.15) is 67.2 Å². The van der Waals surface area contributed by atoms with Gasteiger partial charge in [-0.25, -0.2) is 0 Å². The lowest BCUT2D eigenvalue weighted by atomic mass is 9.80. The van der Waals surface area contributed by atoms with Gasteiger partial charge in [-0.1, -0.05) is 76.3 Å². The number of carboxylic acids is 1. The van der Waals surface area contributed by atoms with Gasteiger partial charge >= 0.3 is 5.97 Å². The van der Waals surface area contributed by atoms with Crippen molar-refractivity contribution in [2.75, 3.05) is 14.2 Å². The van der Waals surface area contributed by atoms with E-state index in [1.54, 1.807) is 25.3 Å². The molecule has 0 radical (unpaired) electrons. The highest BCUT2D eigenvalue weighted by Gasteiger charge is 2.52. The minimum absolute atomic E-state index is 0.00740. The lowest BCUT2D eigenvalue weighted by molar-refractivity contribution is -0.309. The summed E-state index contributed by atoms with van der Waals surface area (Å²) in [5.74, 6) is 3.90. The second-order valence-electron chi connectivity index (χ2n) is 13.5. The number of aliphatic carboxylic acids is 1. The Morgan fingerprint density at radius 2 is 1.90 bits per heavy atom. The Morgan fingerprint density at radius 3 is 2.43 bits per heavy atom. The number of methoxy groups -OCH3 is 2. The fraction of sp³-hybridized carbons (Fsp3) is 0.727. The van der Waals surface area contributed by atoms with Gasteiger partial charge in [0.2, 0.25) is 0 Å². The molecular formula is C33H53ClO7Si.